The zero-order valence-electron chi connectivity index (χ0n) is 8.49. The van der Waals surface area contributed by atoms with E-state index in [4.69, 9.17) is 10.2 Å². The van der Waals surface area contributed by atoms with Gasteiger partial charge >= 0.3 is 0 Å². The summed E-state index contributed by atoms with van der Waals surface area (Å²) in [6, 6.07) is 3.76. The van der Waals surface area contributed by atoms with Crippen molar-refractivity contribution in [3.05, 3.63) is 34.4 Å². The van der Waals surface area contributed by atoms with Crippen molar-refractivity contribution in [1.82, 2.24) is 0 Å². The molecule has 2 rings (SSSR count). The van der Waals surface area contributed by atoms with Gasteiger partial charge in [0.2, 0.25) is 0 Å². The maximum absolute atomic E-state index is 11.3. The second-order valence-corrected chi connectivity index (χ2v) is 3.92. The largest absolute Gasteiger partial charge is 0.392 e. The third-order valence-corrected chi connectivity index (χ3v) is 2.92. The summed E-state index contributed by atoms with van der Waals surface area (Å²) in [7, 11) is 0. The van der Waals surface area contributed by atoms with Crippen molar-refractivity contribution in [3.63, 3.8) is 0 Å². The first kappa shape index (κ1) is 10.3. The molecule has 1 aliphatic rings. The van der Waals surface area contributed by atoms with Crippen LogP contribution in [0, 0.1) is 0 Å². The third-order valence-electron chi connectivity index (χ3n) is 2.92. The number of benzene rings is 1. The number of carbonyl (C=O) groups excluding carboxylic acids is 1. The quantitative estimate of drug-likeness (QED) is 0.750. The van der Waals surface area contributed by atoms with Crippen LogP contribution in [0.1, 0.15) is 28.7 Å². The molecule has 1 aromatic carbocycles. The topological polar surface area (TPSA) is 57.5 Å². The Morgan fingerprint density at radius 1 is 1.00 bits per heavy atom. The Kier molecular flexibility index (Phi) is 2.84. The van der Waals surface area contributed by atoms with Crippen LogP contribution in [-0.2, 0) is 30.8 Å². The molecule has 3 nitrogen and oxygen atoms in total. The normalized spacial score (nSPS) is 15.2. The first-order valence-electron chi connectivity index (χ1n) is 5.11. The SMILES string of the molecule is O=C1CCc2cc(CO)c(CO)cc2C1. The van der Waals surface area contributed by atoms with Gasteiger partial charge in [-0.25, -0.2) is 0 Å². The standard InChI is InChI=1S/C12H14O3/c13-6-10-3-8-1-2-12(15)5-9(8)4-11(10)7-14/h3-4,13-14H,1-2,5-7H2. The fourth-order valence-corrected chi connectivity index (χ4v) is 2.06. The minimum atomic E-state index is -0.0859. The molecule has 0 saturated carbocycles. The molecule has 1 aliphatic carbocycles. The molecular weight excluding hydrogens is 192 g/mol. The molecule has 0 spiro atoms. The van der Waals surface area contributed by atoms with Crippen LogP contribution in [0.3, 0.4) is 0 Å². The molecule has 0 unspecified atom stereocenters. The highest BCUT2D eigenvalue weighted by molar-refractivity contribution is 5.83. The Hall–Kier alpha value is -1.19. The number of fused-ring (bicyclic) bond motifs is 1. The number of hydrogen-bond acceptors (Lipinski definition) is 3. The van der Waals surface area contributed by atoms with E-state index in [2.05, 4.69) is 0 Å². The molecule has 15 heavy (non-hydrogen) atoms. The number of aliphatic hydroxyl groups is 2. The van der Waals surface area contributed by atoms with E-state index in [9.17, 15) is 4.79 Å². The van der Waals surface area contributed by atoms with Crippen LogP contribution < -0.4 is 0 Å². The highest BCUT2D eigenvalue weighted by Crippen LogP contribution is 2.23. The van der Waals surface area contributed by atoms with E-state index >= 15 is 0 Å². The van der Waals surface area contributed by atoms with Crippen molar-refractivity contribution < 1.29 is 15.0 Å². The van der Waals surface area contributed by atoms with Crippen LogP contribution in [0.5, 0.6) is 0 Å². The Morgan fingerprint density at radius 2 is 1.60 bits per heavy atom. The van der Waals surface area contributed by atoms with E-state index in [1.54, 1.807) is 0 Å². The average molecular weight is 206 g/mol. The fraction of sp³-hybridized carbons (Fsp3) is 0.417. The fourth-order valence-electron chi connectivity index (χ4n) is 2.06. The molecule has 3 heteroatoms. The van der Waals surface area contributed by atoms with Gasteiger partial charge < -0.3 is 10.2 Å². The highest BCUT2D eigenvalue weighted by atomic mass is 16.3. The predicted molar refractivity (Wildman–Crippen MR) is 55.3 cm³/mol. The highest BCUT2D eigenvalue weighted by Gasteiger charge is 2.17. The van der Waals surface area contributed by atoms with Gasteiger partial charge in [0.05, 0.1) is 13.2 Å². The number of Topliss-reactive ketones (excluding diaryl/α,β-unsaturated/α-hetero) is 1. The van der Waals surface area contributed by atoms with Crippen LogP contribution in [0.15, 0.2) is 12.1 Å². The smallest absolute Gasteiger partial charge is 0.137 e. The van der Waals surface area contributed by atoms with Crippen LogP contribution in [0.4, 0.5) is 0 Å². The van der Waals surface area contributed by atoms with E-state index in [0.29, 0.717) is 12.8 Å². The maximum Gasteiger partial charge on any atom is 0.137 e. The molecule has 0 radical (unpaired) electrons. The molecular formula is C12H14O3. The lowest BCUT2D eigenvalue weighted by Crippen LogP contribution is -2.14. The van der Waals surface area contributed by atoms with Crippen molar-refractivity contribution >= 4 is 5.78 Å². The van der Waals surface area contributed by atoms with Gasteiger partial charge in [-0.3, -0.25) is 4.79 Å². The van der Waals surface area contributed by atoms with E-state index in [1.807, 2.05) is 12.1 Å². The Balaban J connectivity index is 2.45. The summed E-state index contributed by atoms with van der Waals surface area (Å²) in [5.74, 6) is 0.253. The molecule has 0 aliphatic heterocycles. The number of rotatable bonds is 2. The zero-order chi connectivity index (χ0) is 10.8. The minimum absolute atomic E-state index is 0.0584. The minimum Gasteiger partial charge on any atom is -0.392 e. The predicted octanol–water partition coefficient (Wildman–Crippen LogP) is 0.729. The van der Waals surface area contributed by atoms with Crippen molar-refractivity contribution in [3.8, 4) is 0 Å². The van der Waals surface area contributed by atoms with Crippen molar-refractivity contribution in [1.29, 1.82) is 0 Å². The van der Waals surface area contributed by atoms with Gasteiger partial charge in [0.15, 0.2) is 0 Å². The summed E-state index contributed by atoms with van der Waals surface area (Å²) in [6.45, 7) is -0.144. The molecule has 1 aromatic rings. The van der Waals surface area contributed by atoms with Crippen molar-refractivity contribution in [2.24, 2.45) is 0 Å². The van der Waals surface area contributed by atoms with Gasteiger partial charge in [-0.05, 0) is 28.7 Å². The van der Waals surface area contributed by atoms with Crippen molar-refractivity contribution in [2.45, 2.75) is 32.5 Å². The maximum atomic E-state index is 11.3. The summed E-state index contributed by atoms with van der Waals surface area (Å²) in [5, 5.41) is 18.2. The van der Waals surface area contributed by atoms with Crippen LogP contribution in [-0.4, -0.2) is 16.0 Å². The molecule has 0 heterocycles. The Labute approximate surface area is 88.4 Å². The average Bonchev–Trinajstić information content (AvgIpc) is 2.27. The van der Waals surface area contributed by atoms with Gasteiger partial charge in [-0.15, -0.1) is 0 Å². The zero-order valence-corrected chi connectivity index (χ0v) is 8.49. The Morgan fingerprint density at radius 3 is 2.20 bits per heavy atom. The first-order valence-corrected chi connectivity index (χ1v) is 5.11. The lowest BCUT2D eigenvalue weighted by molar-refractivity contribution is -0.118. The van der Waals surface area contributed by atoms with E-state index < -0.39 is 0 Å². The molecule has 0 aromatic heterocycles. The lowest BCUT2D eigenvalue weighted by atomic mass is 9.87. The Bertz CT molecular complexity index is 396. The van der Waals surface area contributed by atoms with Crippen LogP contribution in [0.25, 0.3) is 0 Å². The number of hydrogen-bond donors (Lipinski definition) is 2. The van der Waals surface area contributed by atoms with Crippen LogP contribution in [0.2, 0.25) is 0 Å². The molecule has 2 N–H and O–H groups in total. The van der Waals surface area contributed by atoms with E-state index in [-0.39, 0.29) is 19.0 Å². The van der Waals surface area contributed by atoms with Gasteiger partial charge in [-0.2, -0.15) is 0 Å². The van der Waals surface area contributed by atoms with Gasteiger partial charge in [-0.1, -0.05) is 12.1 Å². The van der Waals surface area contributed by atoms with Crippen molar-refractivity contribution in [2.75, 3.05) is 0 Å². The third kappa shape index (κ3) is 1.94. The molecule has 0 atom stereocenters. The number of aliphatic hydroxyl groups excluding tert-OH is 2. The second kappa shape index (κ2) is 4.13. The van der Waals surface area contributed by atoms with Gasteiger partial charge in [0.25, 0.3) is 0 Å². The number of carbonyl (C=O) groups is 1. The molecule has 80 valence electrons. The molecule has 0 amide bonds. The summed E-state index contributed by atoms with van der Waals surface area (Å²) < 4.78 is 0. The van der Waals surface area contributed by atoms with E-state index in [1.165, 1.54) is 0 Å². The number of aryl methyl sites for hydroxylation is 1. The first-order chi connectivity index (χ1) is 7.24. The summed E-state index contributed by atoms with van der Waals surface area (Å²) in [6.07, 6.45) is 1.82. The van der Waals surface area contributed by atoms with Gasteiger partial charge in [0, 0.05) is 12.8 Å². The summed E-state index contributed by atoms with van der Waals surface area (Å²) in [5.41, 5.74) is 3.64. The van der Waals surface area contributed by atoms with Gasteiger partial charge in [0.1, 0.15) is 5.78 Å². The monoisotopic (exact) mass is 206 g/mol. The number of ketones is 1. The molecule has 0 fully saturated rings. The molecule has 0 bridgehead atoms. The van der Waals surface area contributed by atoms with E-state index in [0.717, 1.165) is 28.7 Å². The lowest BCUT2D eigenvalue weighted by Gasteiger charge is -2.17. The second-order valence-electron chi connectivity index (χ2n) is 3.92. The summed E-state index contributed by atoms with van der Waals surface area (Å²) >= 11 is 0. The van der Waals surface area contributed by atoms with Crippen LogP contribution >= 0.6 is 0 Å². The summed E-state index contributed by atoms with van der Waals surface area (Å²) in [4.78, 5) is 11.3. The molecule has 0 saturated heterocycles.